The van der Waals surface area contributed by atoms with Crippen LogP contribution in [0, 0.1) is 0 Å². The van der Waals surface area contributed by atoms with Gasteiger partial charge < -0.3 is 0 Å². The first kappa shape index (κ1) is 11.4. The van der Waals surface area contributed by atoms with Crippen LogP contribution in [0.25, 0.3) is 98.7 Å². The van der Waals surface area contributed by atoms with Gasteiger partial charge in [0.05, 0.1) is 46.6 Å². The molecule has 0 nitrogen and oxygen atoms in total. The van der Waals surface area contributed by atoms with Crippen molar-refractivity contribution in [1.29, 1.82) is 0 Å². The maximum atomic E-state index is 10.3. The van der Waals surface area contributed by atoms with Crippen molar-refractivity contribution in [1.82, 2.24) is 0 Å². The Morgan fingerprint density at radius 2 is 0.712 bits per heavy atom. The van der Waals surface area contributed by atoms with Gasteiger partial charge in [-0.3, -0.25) is 0 Å². The molecular weight excluding hydrogens is 625 g/mol. The Morgan fingerprint density at radius 3 is 1.50 bits per heavy atom. The fourth-order valence-electron chi connectivity index (χ4n) is 5.78. The van der Waals surface area contributed by atoms with Gasteiger partial charge in [0.25, 0.3) is 0 Å². The molecule has 0 saturated carbocycles. The van der Waals surface area contributed by atoms with E-state index in [4.69, 9.17) is 26.0 Å². The van der Waals surface area contributed by atoms with E-state index in [1.807, 2.05) is 0 Å². The number of rotatable bonds is 5. The Balaban J connectivity index is 1.54. The van der Waals surface area contributed by atoms with Crippen molar-refractivity contribution in [2.45, 2.75) is 0 Å². The SMILES string of the molecule is [2H]c1c([2H])c([2H])c(-c2c([2H])c([2H])c(-c3c([2H])c([2H])c([2H])c(-c4c5c([2H])c([2H])c([2H])c([2H])c5c(-c5c([2H])c([2H])c6c([2H])c([2H])c([2H])c([2H])c6c5[2H])c5c([2H])c([2H])c(-c6c([2H])c([2H])c([2H])c7c([2H])c([2H])c([2H])c([2H])c67)c([2H])c45)c3[2H])c([2H])c2[2H])c([2H])c1[2H]. The molecule has 0 aliphatic carbocycles. The molecule has 242 valence electrons. The third kappa shape index (κ3) is 5.16. The summed E-state index contributed by atoms with van der Waals surface area (Å²) in [5.41, 5.74) is -9.49. The molecule has 10 aromatic rings. The largest absolute Gasteiger partial charge is 0.0636 e. The summed E-state index contributed by atoms with van der Waals surface area (Å²) >= 11 is 0. The Labute approximate surface area is 351 Å². The molecule has 0 aromatic heterocycles. The number of fused-ring (bicyclic) bond motifs is 4. The molecule has 0 unspecified atom stereocenters. The van der Waals surface area contributed by atoms with E-state index in [0.717, 1.165) is 0 Å². The molecule has 0 aliphatic rings. The van der Waals surface area contributed by atoms with E-state index < -0.39 is 304 Å². The highest BCUT2D eigenvalue weighted by Crippen LogP contribution is 2.46. The van der Waals surface area contributed by atoms with Crippen molar-refractivity contribution in [3.63, 3.8) is 0 Å². The monoisotopic (exact) mass is 692 g/mol. The predicted molar refractivity (Wildman–Crippen MR) is 224 cm³/mol. The summed E-state index contributed by atoms with van der Waals surface area (Å²) in [6.45, 7) is 0. The van der Waals surface area contributed by atoms with Crippen LogP contribution in [0.15, 0.2) is 205 Å². The van der Waals surface area contributed by atoms with Gasteiger partial charge in [0.1, 0.15) is 0 Å². The third-order valence-corrected chi connectivity index (χ3v) is 8.06. The Morgan fingerprint density at radius 1 is 0.231 bits per heavy atom. The quantitative estimate of drug-likeness (QED) is 0.158. The van der Waals surface area contributed by atoms with E-state index in [-0.39, 0.29) is 0 Å². The molecule has 0 atom stereocenters. The zero-order chi connectivity index (χ0) is 64.0. The van der Waals surface area contributed by atoms with Crippen molar-refractivity contribution in [3.8, 4) is 55.6 Å². The molecule has 10 rings (SSSR count). The lowest BCUT2D eigenvalue weighted by atomic mass is 9.83. The lowest BCUT2D eigenvalue weighted by Crippen LogP contribution is -1.92. The second kappa shape index (κ2) is 12.5. The molecule has 0 fully saturated rings. The Bertz CT molecular complexity index is 4840. The van der Waals surface area contributed by atoms with Gasteiger partial charge in [0.2, 0.25) is 0 Å². The van der Waals surface area contributed by atoms with Crippen LogP contribution in [-0.4, -0.2) is 0 Å². The molecule has 0 heteroatoms. The maximum Gasteiger partial charge on any atom is 0.0636 e. The van der Waals surface area contributed by atoms with Crippen molar-refractivity contribution in [2.75, 3.05) is 0 Å². The summed E-state index contributed by atoms with van der Waals surface area (Å²) in [5, 5.41) is -6.70. The molecule has 0 spiro atoms. The average molecular weight is 693 g/mol. The van der Waals surface area contributed by atoms with E-state index in [1.165, 1.54) is 0 Å². The maximum absolute atomic E-state index is 10.3. The molecule has 0 radical (unpaired) electrons. The highest BCUT2D eigenvalue weighted by molar-refractivity contribution is 6.22. The van der Waals surface area contributed by atoms with Crippen LogP contribution < -0.4 is 0 Å². The molecule has 0 amide bonds. The minimum absolute atomic E-state index is 0.680. The first-order valence-electron chi connectivity index (χ1n) is 32.2. The fraction of sp³-hybridized carbons (Fsp3) is 0. The molecule has 0 heterocycles. The smallest absolute Gasteiger partial charge is 0.0622 e. The number of benzene rings is 10. The molecule has 0 saturated heterocycles. The normalized spacial score (nSPS) is 20.6. The predicted octanol–water partition coefficient (Wildman–Crippen LogP) is 14.6. The van der Waals surface area contributed by atoms with Crippen molar-refractivity contribution in [2.24, 2.45) is 0 Å². The van der Waals surface area contributed by atoms with Gasteiger partial charge in [-0.2, -0.15) is 0 Å². The number of hydrogen-bond acceptors (Lipinski definition) is 0. The van der Waals surface area contributed by atoms with Crippen LogP contribution in [0.1, 0.15) is 46.6 Å². The van der Waals surface area contributed by atoms with E-state index in [2.05, 4.69) is 0 Å². The molecule has 10 aromatic carbocycles. The summed E-state index contributed by atoms with van der Waals surface area (Å²) in [6, 6.07) is -36.1. The highest BCUT2D eigenvalue weighted by Gasteiger charge is 2.19. The van der Waals surface area contributed by atoms with Crippen molar-refractivity contribution < 1.29 is 46.6 Å². The van der Waals surface area contributed by atoms with Gasteiger partial charge in [-0.1, -0.05) is 187 Å². The molecular formula is C52H34. The number of hydrogen-bond donors (Lipinski definition) is 0. The van der Waals surface area contributed by atoms with E-state index in [0.29, 0.717) is 0 Å². The summed E-state index contributed by atoms with van der Waals surface area (Å²) < 4.78 is 309. The first-order valence-corrected chi connectivity index (χ1v) is 15.2. The second-order valence-electron chi connectivity index (χ2n) is 11.0. The van der Waals surface area contributed by atoms with Gasteiger partial charge in [0.15, 0.2) is 0 Å². The fourth-order valence-corrected chi connectivity index (χ4v) is 5.78. The minimum atomic E-state index is -1.26. The van der Waals surface area contributed by atoms with Gasteiger partial charge >= 0.3 is 0 Å². The summed E-state index contributed by atoms with van der Waals surface area (Å²) in [4.78, 5) is 0. The highest BCUT2D eigenvalue weighted by atomic mass is 14.2. The van der Waals surface area contributed by atoms with Crippen LogP contribution in [0.2, 0.25) is 0 Å². The Kier molecular flexibility index (Phi) is 2.74. The van der Waals surface area contributed by atoms with Crippen LogP contribution in [-0.2, 0) is 0 Å². The first-order chi connectivity index (χ1) is 40.0. The molecule has 52 heavy (non-hydrogen) atoms. The van der Waals surface area contributed by atoms with Crippen LogP contribution in [0.3, 0.4) is 0 Å². The lowest BCUT2D eigenvalue weighted by Gasteiger charge is -2.20. The second-order valence-corrected chi connectivity index (χ2v) is 11.0. The minimum Gasteiger partial charge on any atom is -0.0622 e. The van der Waals surface area contributed by atoms with Crippen LogP contribution >= 0.6 is 0 Å². The van der Waals surface area contributed by atoms with Crippen molar-refractivity contribution in [3.05, 3.63) is 205 Å². The zero-order valence-electron chi connectivity index (χ0n) is 60.0. The third-order valence-electron chi connectivity index (χ3n) is 8.06. The van der Waals surface area contributed by atoms with E-state index in [9.17, 15) is 20.6 Å². The topological polar surface area (TPSA) is 0 Å². The van der Waals surface area contributed by atoms with Gasteiger partial charge in [-0.25, -0.2) is 0 Å². The molecule has 0 bridgehead atoms. The van der Waals surface area contributed by atoms with E-state index >= 15 is 0 Å². The van der Waals surface area contributed by atoms with Crippen LogP contribution in [0.5, 0.6) is 0 Å². The summed E-state index contributed by atoms with van der Waals surface area (Å²) in [7, 11) is 0. The average Bonchev–Trinajstić information content (AvgIpc) is 0.699. The molecule has 0 N–H and O–H groups in total. The lowest BCUT2D eigenvalue weighted by molar-refractivity contribution is 1.58. The van der Waals surface area contributed by atoms with Crippen LogP contribution in [0.4, 0.5) is 0 Å². The Hall–Kier alpha value is -6.76. The van der Waals surface area contributed by atoms with Gasteiger partial charge in [-0.05, 0) is 117 Å². The van der Waals surface area contributed by atoms with Gasteiger partial charge in [-0.15, -0.1) is 0 Å². The molecule has 0 aliphatic heterocycles. The summed E-state index contributed by atoms with van der Waals surface area (Å²) in [6.07, 6.45) is 0. The van der Waals surface area contributed by atoms with Gasteiger partial charge in [0, 0.05) is 0 Å². The van der Waals surface area contributed by atoms with E-state index in [1.54, 1.807) is 0 Å². The summed E-state index contributed by atoms with van der Waals surface area (Å²) in [5.74, 6) is 0. The zero-order valence-corrected chi connectivity index (χ0v) is 26.0. The van der Waals surface area contributed by atoms with Crippen molar-refractivity contribution >= 4 is 43.1 Å². The standard InChI is InChI=1S/C52H34/c1-2-12-35(13-3-1)37-24-26-38(27-25-37)41-18-10-19-43(32-41)52-48-22-9-8-21-47(48)51(44-29-28-36-14-4-5-16-40(36)33-44)49-31-30-42(34-50(49)52)46-23-11-17-39-15-6-7-20-45(39)46/h1-34H/i1D,2D,3D,4D,5D,6D,7D,8D,9D,10D,11D,12D,13D,14D,15D,16D,17D,18D,19D,20D,21D,22D,23D,24D,25D,26D,27D,28D,29D,30D,31D,32D,33D,34D.